The summed E-state index contributed by atoms with van der Waals surface area (Å²) in [6.45, 7) is 1.61. The van der Waals surface area contributed by atoms with Crippen LogP contribution in [0.25, 0.3) is 0 Å². The summed E-state index contributed by atoms with van der Waals surface area (Å²) >= 11 is 0.257. The molecule has 0 unspecified atom stereocenters. The molecule has 0 atom stereocenters. The Bertz CT molecular complexity index is 225. The van der Waals surface area contributed by atoms with E-state index in [1.165, 1.54) is 0 Å². The lowest BCUT2D eigenvalue weighted by molar-refractivity contribution is -0.124. The molecule has 4 heteroatoms. The lowest BCUT2D eigenvalue weighted by Gasteiger charge is -1.79. The van der Waals surface area contributed by atoms with Crippen LogP contribution in [0.5, 0.6) is 0 Å². The fourth-order valence-electron chi connectivity index (χ4n) is 0.199. The second-order valence-electron chi connectivity index (χ2n) is 1.07. The molecule has 0 fully saturated rings. The van der Waals surface area contributed by atoms with E-state index >= 15 is 0 Å². The van der Waals surface area contributed by atoms with Crippen LogP contribution in [0.1, 0.15) is 6.92 Å². The maximum Gasteiger partial charge on any atom is 0.293 e. The van der Waals surface area contributed by atoms with Gasteiger partial charge in [-0.3, -0.25) is 4.79 Å². The summed E-state index contributed by atoms with van der Waals surface area (Å²) in [6.07, 6.45) is 0. The second kappa shape index (κ2) is 6.18. The lowest BCUT2D eigenvalue weighted by Crippen LogP contribution is -1.84. The van der Waals surface area contributed by atoms with E-state index in [-0.39, 0.29) is 12.0 Å². The van der Waals surface area contributed by atoms with Gasteiger partial charge in [0.25, 0.3) is 5.12 Å². The number of carbonyl (C=O) groups is 1. The van der Waals surface area contributed by atoms with Crippen LogP contribution in [-0.4, -0.2) is 10.4 Å². The van der Waals surface area contributed by atoms with Crippen molar-refractivity contribution >= 4 is 17.2 Å². The molecular weight excluding hydrogens is 152 g/mol. The molecule has 0 aliphatic carbocycles. The average molecular weight is 156 g/mol. The van der Waals surface area contributed by atoms with Crippen molar-refractivity contribution in [2.45, 2.75) is 6.92 Å². The van der Waals surface area contributed by atoms with Gasteiger partial charge in [0.2, 0.25) is 0 Å². The highest BCUT2D eigenvalue weighted by Crippen LogP contribution is 1.97. The Kier molecular flexibility index (Phi) is 5.60. The molecule has 0 aromatic heterocycles. The number of rotatable bonds is 1. The first-order chi connectivity index (χ1) is 4.81. The molecule has 0 aromatic rings. The summed E-state index contributed by atoms with van der Waals surface area (Å²) in [5, 5.41) is 7.15. The normalized spacial score (nSPS) is 6.60. The van der Waals surface area contributed by atoms with E-state index in [1.807, 2.05) is 0 Å². The Morgan fingerprint density at radius 1 is 1.60 bits per heavy atom. The quantitative estimate of drug-likeness (QED) is 0.262. The third kappa shape index (κ3) is 5.20. The van der Waals surface area contributed by atoms with Gasteiger partial charge in [-0.1, -0.05) is 5.92 Å². The summed E-state index contributed by atoms with van der Waals surface area (Å²) in [6, 6.07) is 0. The summed E-state index contributed by atoms with van der Waals surface area (Å²) in [5.74, 6) is 9.18. The topological polar surface area (TPSA) is 46.5 Å². The molecule has 0 saturated heterocycles. The van der Waals surface area contributed by atoms with E-state index < -0.39 is 5.12 Å². The van der Waals surface area contributed by atoms with E-state index in [9.17, 15) is 4.79 Å². The molecule has 0 rings (SSSR count). The standard InChI is InChI=1S/C6H4O3S/c1-2-3-4-5-6(7)10-9-8/h8H,1H3. The molecule has 0 radical (unpaired) electrons. The van der Waals surface area contributed by atoms with E-state index in [0.29, 0.717) is 0 Å². The summed E-state index contributed by atoms with van der Waals surface area (Å²) in [5.41, 5.74) is 0. The Hall–Kier alpha value is -0.940. The maximum absolute atomic E-state index is 10.4. The Labute approximate surface area is 62.9 Å². The van der Waals surface area contributed by atoms with Gasteiger partial charge in [0.1, 0.15) is 12.0 Å². The van der Waals surface area contributed by atoms with Crippen molar-refractivity contribution in [2.75, 3.05) is 0 Å². The van der Waals surface area contributed by atoms with Crippen molar-refractivity contribution in [2.24, 2.45) is 0 Å². The fraction of sp³-hybridized carbons (Fsp3) is 0.167. The lowest BCUT2D eigenvalue weighted by atomic mass is 10.6. The third-order valence-electron chi connectivity index (χ3n) is 0.465. The summed E-state index contributed by atoms with van der Waals surface area (Å²) in [7, 11) is 0. The second-order valence-corrected chi connectivity index (χ2v) is 1.76. The molecule has 0 bridgehead atoms. The number of hydrogen-bond donors (Lipinski definition) is 1. The SMILES string of the molecule is CC#CC#CC(=O)SOO. The Balaban J connectivity index is 3.77. The van der Waals surface area contributed by atoms with E-state index in [1.54, 1.807) is 6.92 Å². The van der Waals surface area contributed by atoms with Crippen LogP contribution < -0.4 is 0 Å². The zero-order valence-electron chi connectivity index (χ0n) is 5.17. The molecule has 0 aliphatic rings. The number of hydrogen-bond acceptors (Lipinski definition) is 4. The van der Waals surface area contributed by atoms with Crippen LogP contribution in [0, 0.1) is 23.7 Å². The van der Waals surface area contributed by atoms with Gasteiger partial charge in [-0.15, -0.1) is 0 Å². The van der Waals surface area contributed by atoms with E-state index in [4.69, 9.17) is 5.26 Å². The third-order valence-corrected chi connectivity index (χ3v) is 0.793. The minimum atomic E-state index is -0.578. The minimum Gasteiger partial charge on any atom is -0.269 e. The highest BCUT2D eigenvalue weighted by atomic mass is 32.2. The van der Waals surface area contributed by atoms with Crippen LogP contribution in [0.3, 0.4) is 0 Å². The maximum atomic E-state index is 10.4. The molecule has 1 N–H and O–H groups in total. The molecule has 0 aliphatic heterocycles. The van der Waals surface area contributed by atoms with Crippen LogP contribution >= 0.6 is 12.0 Å². The molecule has 10 heavy (non-hydrogen) atoms. The Morgan fingerprint density at radius 2 is 2.30 bits per heavy atom. The van der Waals surface area contributed by atoms with Crippen molar-refractivity contribution in [3.05, 3.63) is 0 Å². The zero-order chi connectivity index (χ0) is 7.82. The molecule has 3 nitrogen and oxygen atoms in total. The van der Waals surface area contributed by atoms with E-state index in [2.05, 4.69) is 28.0 Å². The predicted octanol–water partition coefficient (Wildman–Crippen LogP) is 0.677. The minimum absolute atomic E-state index is 0.257. The van der Waals surface area contributed by atoms with Gasteiger partial charge in [0.05, 0.1) is 0 Å². The van der Waals surface area contributed by atoms with Gasteiger partial charge in [-0.2, -0.15) is 4.33 Å². The first-order valence-electron chi connectivity index (χ1n) is 2.26. The van der Waals surface area contributed by atoms with Crippen molar-refractivity contribution in [1.29, 1.82) is 0 Å². The van der Waals surface area contributed by atoms with Gasteiger partial charge >= 0.3 is 0 Å². The zero-order valence-corrected chi connectivity index (χ0v) is 5.99. The first kappa shape index (κ1) is 9.06. The molecule has 0 aromatic carbocycles. The Morgan fingerprint density at radius 3 is 2.80 bits per heavy atom. The van der Waals surface area contributed by atoms with Crippen LogP contribution in [0.2, 0.25) is 0 Å². The van der Waals surface area contributed by atoms with Crippen LogP contribution in [0.15, 0.2) is 0 Å². The van der Waals surface area contributed by atoms with Gasteiger partial charge in [0.15, 0.2) is 0 Å². The molecule has 0 saturated carbocycles. The smallest absolute Gasteiger partial charge is 0.269 e. The monoisotopic (exact) mass is 156 g/mol. The van der Waals surface area contributed by atoms with Gasteiger partial charge < -0.3 is 0 Å². The average Bonchev–Trinajstić information content (AvgIpc) is 1.89. The van der Waals surface area contributed by atoms with Gasteiger partial charge in [-0.25, -0.2) is 5.26 Å². The van der Waals surface area contributed by atoms with Crippen LogP contribution in [-0.2, 0) is 9.13 Å². The first-order valence-corrected chi connectivity index (χ1v) is 3.00. The van der Waals surface area contributed by atoms with Crippen molar-refractivity contribution < 1.29 is 14.4 Å². The van der Waals surface area contributed by atoms with Gasteiger partial charge in [0, 0.05) is 5.92 Å². The predicted molar refractivity (Wildman–Crippen MR) is 37.5 cm³/mol. The van der Waals surface area contributed by atoms with E-state index in [0.717, 1.165) is 0 Å². The highest BCUT2D eigenvalue weighted by molar-refractivity contribution is 8.10. The largest absolute Gasteiger partial charge is 0.293 e. The molecule has 0 amide bonds. The highest BCUT2D eigenvalue weighted by Gasteiger charge is 1.94. The van der Waals surface area contributed by atoms with Crippen LogP contribution in [0.4, 0.5) is 0 Å². The molecule has 0 spiro atoms. The van der Waals surface area contributed by atoms with Crippen molar-refractivity contribution in [3.63, 3.8) is 0 Å². The summed E-state index contributed by atoms with van der Waals surface area (Å²) < 4.78 is 3.45. The molecule has 0 heterocycles. The van der Waals surface area contributed by atoms with Crippen molar-refractivity contribution in [3.8, 4) is 23.7 Å². The fourth-order valence-corrected chi connectivity index (χ4v) is 0.360. The molecular formula is C6H4O3S. The number of carbonyl (C=O) groups excluding carboxylic acids is 1. The summed E-state index contributed by atoms with van der Waals surface area (Å²) in [4.78, 5) is 10.4. The molecule has 52 valence electrons. The van der Waals surface area contributed by atoms with Crippen molar-refractivity contribution in [1.82, 2.24) is 0 Å². The van der Waals surface area contributed by atoms with Gasteiger partial charge in [-0.05, 0) is 18.8 Å².